The summed E-state index contributed by atoms with van der Waals surface area (Å²) in [6, 6.07) is 14.0. The Hall–Kier alpha value is -2.36. The normalized spacial score (nSPS) is 17.7. The van der Waals surface area contributed by atoms with Gasteiger partial charge in [-0.25, -0.2) is 4.39 Å². The number of aryl methyl sites for hydroxylation is 1. The second-order valence-electron chi connectivity index (χ2n) is 6.12. The summed E-state index contributed by atoms with van der Waals surface area (Å²) >= 11 is 0. The zero-order valence-corrected chi connectivity index (χ0v) is 13.8. The first-order chi connectivity index (χ1) is 11.7. The average Bonchev–Trinajstić information content (AvgIpc) is 2.61. The third-order valence-corrected chi connectivity index (χ3v) is 4.44. The van der Waals surface area contributed by atoms with Gasteiger partial charge in [-0.2, -0.15) is 0 Å². The molecule has 1 amide bonds. The highest BCUT2D eigenvalue weighted by Crippen LogP contribution is 2.29. The molecular weight excluding hydrogens is 305 g/mol. The minimum atomic E-state index is -0.579. The molecule has 1 N–H and O–H groups in total. The van der Waals surface area contributed by atoms with Crippen LogP contribution >= 0.6 is 0 Å². The van der Waals surface area contributed by atoms with E-state index in [-0.39, 0.29) is 17.8 Å². The zero-order valence-electron chi connectivity index (χ0n) is 13.8. The quantitative estimate of drug-likeness (QED) is 0.895. The van der Waals surface area contributed by atoms with Crippen molar-refractivity contribution >= 4 is 5.91 Å². The third-order valence-electron chi connectivity index (χ3n) is 4.44. The number of benzene rings is 2. The summed E-state index contributed by atoms with van der Waals surface area (Å²) < 4.78 is 18.7. The van der Waals surface area contributed by atoms with Gasteiger partial charge in [0, 0.05) is 0 Å². The van der Waals surface area contributed by atoms with Crippen molar-refractivity contribution in [2.45, 2.75) is 44.8 Å². The van der Waals surface area contributed by atoms with Crippen molar-refractivity contribution in [3.05, 3.63) is 65.5 Å². The molecule has 24 heavy (non-hydrogen) atoms. The molecule has 0 aromatic heterocycles. The molecule has 4 heteroatoms. The molecule has 3 rings (SSSR count). The minimum Gasteiger partial charge on any atom is -0.481 e. The van der Waals surface area contributed by atoms with E-state index in [4.69, 9.17) is 4.74 Å². The Kier molecular flexibility index (Phi) is 5.14. The lowest BCUT2D eigenvalue weighted by Gasteiger charge is -2.28. The van der Waals surface area contributed by atoms with Crippen LogP contribution in [0.25, 0.3) is 0 Å². The largest absolute Gasteiger partial charge is 0.481 e. The van der Waals surface area contributed by atoms with Gasteiger partial charge < -0.3 is 10.1 Å². The summed E-state index contributed by atoms with van der Waals surface area (Å²) in [7, 11) is 0. The summed E-state index contributed by atoms with van der Waals surface area (Å²) in [5.41, 5.74) is 2.51. The van der Waals surface area contributed by atoms with Crippen molar-refractivity contribution in [3.8, 4) is 5.75 Å². The minimum absolute atomic E-state index is 0.0355. The van der Waals surface area contributed by atoms with E-state index >= 15 is 0 Å². The van der Waals surface area contributed by atoms with Crippen LogP contribution < -0.4 is 10.1 Å². The number of halogens is 1. The maximum absolute atomic E-state index is 13.0. The average molecular weight is 327 g/mol. The molecule has 0 spiro atoms. The molecule has 126 valence electrons. The molecule has 1 aliphatic rings. The monoisotopic (exact) mass is 327 g/mol. The Bertz CT molecular complexity index is 699. The Balaban J connectivity index is 1.68. The highest BCUT2D eigenvalue weighted by Gasteiger charge is 2.25. The van der Waals surface area contributed by atoms with Crippen molar-refractivity contribution in [1.82, 2.24) is 5.32 Å². The number of nitrogens with one attached hydrogen (secondary N) is 1. The van der Waals surface area contributed by atoms with Crippen molar-refractivity contribution in [3.63, 3.8) is 0 Å². The maximum atomic E-state index is 13.0. The maximum Gasteiger partial charge on any atom is 0.261 e. The summed E-state index contributed by atoms with van der Waals surface area (Å²) in [4.78, 5) is 12.6. The van der Waals surface area contributed by atoms with Gasteiger partial charge >= 0.3 is 0 Å². The zero-order chi connectivity index (χ0) is 16.9. The number of ether oxygens (including phenoxy) is 1. The lowest BCUT2D eigenvalue weighted by atomic mass is 9.87. The van der Waals surface area contributed by atoms with Gasteiger partial charge in [0.2, 0.25) is 0 Å². The van der Waals surface area contributed by atoms with Crippen molar-refractivity contribution < 1.29 is 13.9 Å². The SMILES string of the molecule is CC[C@H](Oc1ccc(F)cc1)C(=O)N[C@H]1CCCc2ccccc21. The van der Waals surface area contributed by atoms with Crippen LogP contribution in [0.3, 0.4) is 0 Å². The number of hydrogen-bond donors (Lipinski definition) is 1. The van der Waals surface area contributed by atoms with Crippen LogP contribution in [-0.2, 0) is 11.2 Å². The molecule has 0 saturated heterocycles. The highest BCUT2D eigenvalue weighted by atomic mass is 19.1. The fourth-order valence-electron chi connectivity index (χ4n) is 3.17. The first-order valence-corrected chi connectivity index (χ1v) is 8.47. The molecular formula is C20H22FNO2. The van der Waals surface area contributed by atoms with Crippen LogP contribution in [0, 0.1) is 5.82 Å². The van der Waals surface area contributed by atoms with Crippen LogP contribution in [0.1, 0.15) is 43.4 Å². The van der Waals surface area contributed by atoms with Crippen LogP contribution in [0.2, 0.25) is 0 Å². The van der Waals surface area contributed by atoms with Crippen LogP contribution in [0.5, 0.6) is 5.75 Å². The first kappa shape index (κ1) is 16.5. The van der Waals surface area contributed by atoms with Crippen LogP contribution in [-0.4, -0.2) is 12.0 Å². The van der Waals surface area contributed by atoms with E-state index < -0.39 is 6.10 Å². The molecule has 0 heterocycles. The number of hydrogen-bond acceptors (Lipinski definition) is 2. The van der Waals surface area contributed by atoms with Crippen LogP contribution in [0.4, 0.5) is 4.39 Å². The summed E-state index contributed by atoms with van der Waals surface area (Å²) in [5.74, 6) is 0.0598. The molecule has 2 aromatic rings. The molecule has 3 nitrogen and oxygen atoms in total. The van der Waals surface area contributed by atoms with Crippen LogP contribution in [0.15, 0.2) is 48.5 Å². The van der Waals surface area contributed by atoms with Gasteiger partial charge in [0.15, 0.2) is 6.10 Å². The third kappa shape index (κ3) is 3.75. The fraction of sp³-hybridized carbons (Fsp3) is 0.350. The Morgan fingerprint density at radius 3 is 2.75 bits per heavy atom. The highest BCUT2D eigenvalue weighted by molar-refractivity contribution is 5.81. The van der Waals surface area contributed by atoms with Crippen molar-refractivity contribution in [1.29, 1.82) is 0 Å². The van der Waals surface area contributed by atoms with Gasteiger partial charge in [-0.15, -0.1) is 0 Å². The Morgan fingerprint density at radius 2 is 2.00 bits per heavy atom. The molecule has 0 radical (unpaired) electrons. The Morgan fingerprint density at radius 1 is 1.25 bits per heavy atom. The van der Waals surface area contributed by atoms with E-state index in [1.807, 2.05) is 19.1 Å². The van der Waals surface area contributed by atoms with E-state index in [0.717, 1.165) is 19.3 Å². The first-order valence-electron chi connectivity index (χ1n) is 8.47. The Labute approximate surface area is 141 Å². The smallest absolute Gasteiger partial charge is 0.261 e. The lowest BCUT2D eigenvalue weighted by molar-refractivity contribution is -0.129. The number of fused-ring (bicyclic) bond motifs is 1. The number of carbonyl (C=O) groups is 1. The molecule has 0 aliphatic heterocycles. The van der Waals surface area contributed by atoms with Gasteiger partial charge in [-0.1, -0.05) is 31.2 Å². The second kappa shape index (κ2) is 7.47. The molecule has 2 atom stereocenters. The summed E-state index contributed by atoms with van der Waals surface area (Å²) in [5, 5.41) is 3.12. The van der Waals surface area contributed by atoms with Crippen molar-refractivity contribution in [2.75, 3.05) is 0 Å². The van der Waals surface area contributed by atoms with E-state index in [1.54, 1.807) is 12.1 Å². The molecule has 0 saturated carbocycles. The van der Waals surface area contributed by atoms with E-state index in [2.05, 4.69) is 17.4 Å². The fourth-order valence-corrected chi connectivity index (χ4v) is 3.17. The number of amides is 1. The number of carbonyl (C=O) groups excluding carboxylic acids is 1. The summed E-state index contributed by atoms with van der Waals surface area (Å²) in [6.45, 7) is 1.91. The predicted molar refractivity (Wildman–Crippen MR) is 91.4 cm³/mol. The van der Waals surface area contributed by atoms with Gasteiger partial charge in [-0.3, -0.25) is 4.79 Å². The lowest BCUT2D eigenvalue weighted by Crippen LogP contribution is -2.40. The molecule has 0 unspecified atom stereocenters. The van der Waals surface area contributed by atoms with E-state index in [9.17, 15) is 9.18 Å². The van der Waals surface area contributed by atoms with Gasteiger partial charge in [-0.05, 0) is 61.1 Å². The van der Waals surface area contributed by atoms with Crippen molar-refractivity contribution in [2.24, 2.45) is 0 Å². The molecule has 2 aromatic carbocycles. The molecule has 0 bridgehead atoms. The van der Waals surface area contributed by atoms with E-state index in [0.29, 0.717) is 12.2 Å². The van der Waals surface area contributed by atoms with Gasteiger partial charge in [0.25, 0.3) is 5.91 Å². The predicted octanol–water partition coefficient (Wildman–Crippen LogP) is 4.18. The standard InChI is InChI=1S/C20H22FNO2/c1-2-19(24-16-12-10-15(21)11-13-16)20(23)22-18-9-5-7-14-6-3-4-8-17(14)18/h3-4,6,8,10-13,18-19H,2,5,7,9H2,1H3,(H,22,23)/t18-,19-/m0/s1. The van der Waals surface area contributed by atoms with Gasteiger partial charge in [0.05, 0.1) is 6.04 Å². The number of rotatable bonds is 5. The van der Waals surface area contributed by atoms with Gasteiger partial charge in [0.1, 0.15) is 11.6 Å². The summed E-state index contributed by atoms with van der Waals surface area (Å²) in [6.07, 6.45) is 3.04. The molecule has 0 fully saturated rings. The molecule has 1 aliphatic carbocycles. The topological polar surface area (TPSA) is 38.3 Å². The second-order valence-corrected chi connectivity index (χ2v) is 6.12. The van der Waals surface area contributed by atoms with E-state index in [1.165, 1.54) is 23.3 Å².